The van der Waals surface area contributed by atoms with E-state index in [0.29, 0.717) is 32.1 Å². The highest BCUT2D eigenvalue weighted by Crippen LogP contribution is 2.64. The van der Waals surface area contributed by atoms with Crippen molar-refractivity contribution >= 4 is 16.5 Å². The molecule has 5 nitrogen and oxygen atoms in total. The Labute approximate surface area is 221 Å². The number of benzene rings is 1. The summed E-state index contributed by atoms with van der Waals surface area (Å²) >= 11 is 0. The van der Waals surface area contributed by atoms with Crippen molar-refractivity contribution in [1.29, 1.82) is 0 Å². The summed E-state index contributed by atoms with van der Waals surface area (Å²) in [6.07, 6.45) is 4.84. The van der Waals surface area contributed by atoms with Crippen molar-refractivity contribution in [3.8, 4) is 0 Å². The van der Waals surface area contributed by atoms with Crippen molar-refractivity contribution in [3.63, 3.8) is 0 Å². The van der Waals surface area contributed by atoms with Crippen LogP contribution in [0.1, 0.15) is 57.4 Å². The molecule has 1 aromatic heterocycles. The zero-order valence-electron chi connectivity index (χ0n) is 22.1. The zero-order valence-corrected chi connectivity index (χ0v) is 22.1. The average Bonchev–Trinajstić information content (AvgIpc) is 3.15. The molecule has 3 N–H and O–H groups in total. The van der Waals surface area contributed by atoms with Crippen molar-refractivity contribution in [3.05, 3.63) is 65.2 Å². The maximum atomic E-state index is 14.6. The molecule has 0 saturated heterocycles. The van der Waals surface area contributed by atoms with Crippen molar-refractivity contribution in [2.45, 2.75) is 69.8 Å². The number of aromatic nitrogens is 2. The zero-order chi connectivity index (χ0) is 27.3. The number of hydrogen-bond donors (Lipinski definition) is 3. The van der Waals surface area contributed by atoms with Gasteiger partial charge in [-0.1, -0.05) is 36.8 Å². The van der Waals surface area contributed by atoms with E-state index in [4.69, 9.17) is 0 Å². The van der Waals surface area contributed by atoms with E-state index in [-0.39, 0.29) is 23.8 Å². The highest BCUT2D eigenvalue weighted by Gasteiger charge is 2.60. The number of fused-ring (bicyclic) bond motifs is 5. The highest BCUT2D eigenvalue weighted by molar-refractivity contribution is 5.84. The molecule has 204 valence electrons. The Bertz CT molecular complexity index is 1320. The van der Waals surface area contributed by atoms with Gasteiger partial charge in [0.1, 0.15) is 6.33 Å². The van der Waals surface area contributed by atoms with Gasteiger partial charge < -0.3 is 15.5 Å². The summed E-state index contributed by atoms with van der Waals surface area (Å²) in [5, 5.41) is 26.0. The van der Waals surface area contributed by atoms with Gasteiger partial charge >= 0.3 is 6.18 Å². The summed E-state index contributed by atoms with van der Waals surface area (Å²) in [6, 6.07) is 5.74. The Kier molecular flexibility index (Phi) is 7.03. The quantitative estimate of drug-likeness (QED) is 0.440. The molecule has 4 unspecified atom stereocenters. The maximum absolute atomic E-state index is 14.6. The van der Waals surface area contributed by atoms with E-state index in [1.165, 1.54) is 6.33 Å². The number of aliphatic hydroxyl groups excluding tert-OH is 1. The molecule has 6 rings (SSSR count). The minimum absolute atomic E-state index is 0.0416. The Morgan fingerprint density at radius 3 is 2.63 bits per heavy atom. The number of halogens is 3. The van der Waals surface area contributed by atoms with Gasteiger partial charge in [0.2, 0.25) is 0 Å². The Morgan fingerprint density at radius 2 is 1.89 bits per heavy atom. The summed E-state index contributed by atoms with van der Waals surface area (Å²) in [7, 11) is 3.75. The molecule has 4 aliphatic rings. The van der Waals surface area contributed by atoms with Crippen molar-refractivity contribution < 1.29 is 23.4 Å². The second-order valence-corrected chi connectivity index (χ2v) is 11.5. The summed E-state index contributed by atoms with van der Waals surface area (Å²) < 4.78 is 43.8. The van der Waals surface area contributed by atoms with E-state index in [1.807, 2.05) is 45.3 Å². The Hall–Kier alpha value is -2.55. The fourth-order valence-electron chi connectivity index (χ4n) is 7.34. The smallest absolute Gasteiger partial charge is 0.393 e. The highest BCUT2D eigenvalue weighted by atomic mass is 19.4. The third-order valence-electron chi connectivity index (χ3n) is 9.06. The molecular formula is C30H36F3N3O2. The molecule has 38 heavy (non-hydrogen) atoms. The molecule has 0 aliphatic heterocycles. The van der Waals surface area contributed by atoms with Crippen LogP contribution in [0, 0.1) is 17.3 Å². The molecule has 0 spiro atoms. The number of rotatable bonds is 1. The minimum Gasteiger partial charge on any atom is -0.393 e. The monoisotopic (exact) mass is 527 g/mol. The van der Waals surface area contributed by atoms with E-state index in [9.17, 15) is 23.4 Å². The fraction of sp³-hybridized carbons (Fsp3) is 0.533. The van der Waals surface area contributed by atoms with E-state index < -0.39 is 28.9 Å². The van der Waals surface area contributed by atoms with E-state index in [0.717, 1.165) is 34.0 Å². The normalized spacial score (nSPS) is 32.8. The average molecular weight is 528 g/mol. The van der Waals surface area contributed by atoms with Crippen LogP contribution in [0.3, 0.4) is 0 Å². The van der Waals surface area contributed by atoms with Crippen LogP contribution in [0.4, 0.5) is 13.2 Å². The lowest BCUT2D eigenvalue weighted by Crippen LogP contribution is -2.51. The van der Waals surface area contributed by atoms with E-state index >= 15 is 0 Å². The molecule has 5 atom stereocenters. The lowest BCUT2D eigenvalue weighted by atomic mass is 9.56. The second kappa shape index (κ2) is 9.88. The summed E-state index contributed by atoms with van der Waals surface area (Å²) in [4.78, 5) is 8.37. The van der Waals surface area contributed by atoms with Crippen LogP contribution in [0.5, 0.6) is 0 Å². The van der Waals surface area contributed by atoms with Gasteiger partial charge in [-0.2, -0.15) is 13.2 Å². The summed E-state index contributed by atoms with van der Waals surface area (Å²) in [6.45, 7) is 1.88. The number of aliphatic hydroxyl groups is 2. The van der Waals surface area contributed by atoms with Gasteiger partial charge in [0, 0.05) is 28.5 Å². The molecule has 0 radical (unpaired) electrons. The fourth-order valence-corrected chi connectivity index (χ4v) is 7.34. The number of alkyl halides is 3. The minimum atomic E-state index is -4.55. The standard InChI is InChI=1S/C28H29F3N2O2.C2H7N/c1-26-13-23(28(29,30)31)22-11-19-10-20(34)5-4-16(19)8-9-27(22,35)25(26)7-6-21(26)17-2-3-18-14-32-15-33-24(18)12-17;1-3-2/h2-3,6,11-12,14-16,20,25,34-35H,4-5,7-10,13H2,1H3;3H,1-2H3/t16?,20?,25?,26?,27-;/m1./s1. The predicted molar refractivity (Wildman–Crippen MR) is 142 cm³/mol. The first-order valence-electron chi connectivity index (χ1n) is 13.4. The lowest BCUT2D eigenvalue weighted by Gasteiger charge is -2.50. The molecule has 1 aromatic carbocycles. The van der Waals surface area contributed by atoms with Gasteiger partial charge in [-0.3, -0.25) is 0 Å². The molecule has 1 fully saturated rings. The Balaban J connectivity index is 0.000000937. The van der Waals surface area contributed by atoms with Crippen LogP contribution in [0.25, 0.3) is 16.5 Å². The van der Waals surface area contributed by atoms with E-state index in [1.54, 1.807) is 12.3 Å². The van der Waals surface area contributed by atoms with Crippen molar-refractivity contribution in [2.75, 3.05) is 14.1 Å². The van der Waals surface area contributed by atoms with Crippen molar-refractivity contribution in [2.24, 2.45) is 17.3 Å². The third kappa shape index (κ3) is 4.50. The SMILES string of the molecule is CC12CC(C(F)(F)F)=C3C=C4CC(O)CCC4CC[C@]3(O)C1CC=C2c1ccc2cncnc2c1.CNC. The first-order chi connectivity index (χ1) is 18.0. The molecule has 1 heterocycles. The van der Waals surface area contributed by atoms with Crippen LogP contribution in [0.15, 0.2) is 59.6 Å². The molecule has 4 aliphatic carbocycles. The Morgan fingerprint density at radius 1 is 1.13 bits per heavy atom. The van der Waals surface area contributed by atoms with Gasteiger partial charge in [0.05, 0.1) is 17.2 Å². The van der Waals surface area contributed by atoms with Crippen LogP contribution >= 0.6 is 0 Å². The van der Waals surface area contributed by atoms with Gasteiger partial charge in [0.25, 0.3) is 0 Å². The topological polar surface area (TPSA) is 78.3 Å². The van der Waals surface area contributed by atoms with Crippen LogP contribution in [0.2, 0.25) is 0 Å². The predicted octanol–water partition coefficient (Wildman–Crippen LogP) is 5.75. The molecule has 1 saturated carbocycles. The molecular weight excluding hydrogens is 491 g/mol. The van der Waals surface area contributed by atoms with Gasteiger partial charge in [0.15, 0.2) is 0 Å². The third-order valence-corrected chi connectivity index (χ3v) is 9.06. The summed E-state index contributed by atoms with van der Waals surface area (Å²) in [5.74, 6) is -0.232. The molecule has 0 bridgehead atoms. The van der Waals surface area contributed by atoms with Gasteiger partial charge in [-0.15, -0.1) is 0 Å². The summed E-state index contributed by atoms with van der Waals surface area (Å²) in [5.41, 5.74) is 0.291. The molecule has 8 heteroatoms. The largest absolute Gasteiger partial charge is 0.413 e. The lowest BCUT2D eigenvalue weighted by molar-refractivity contribution is -0.113. The van der Waals surface area contributed by atoms with Gasteiger partial charge in [-0.05, 0) is 87.7 Å². The van der Waals surface area contributed by atoms with Crippen molar-refractivity contribution in [1.82, 2.24) is 15.3 Å². The second-order valence-electron chi connectivity index (χ2n) is 11.5. The number of nitrogens with one attached hydrogen (secondary N) is 1. The number of allylic oxidation sites excluding steroid dienone is 3. The maximum Gasteiger partial charge on any atom is 0.413 e. The van der Waals surface area contributed by atoms with Gasteiger partial charge in [-0.25, -0.2) is 9.97 Å². The molecule has 2 aromatic rings. The van der Waals surface area contributed by atoms with Crippen LogP contribution in [-0.2, 0) is 0 Å². The van der Waals surface area contributed by atoms with E-state index in [2.05, 4.69) is 15.3 Å². The van der Waals surface area contributed by atoms with Crippen LogP contribution < -0.4 is 5.32 Å². The van der Waals surface area contributed by atoms with Crippen LogP contribution in [-0.4, -0.2) is 52.2 Å². The first kappa shape index (κ1) is 27.0. The molecule has 0 amide bonds. The first-order valence-corrected chi connectivity index (χ1v) is 13.4. The number of nitrogens with zero attached hydrogens (tertiary/aromatic N) is 2. The number of hydrogen-bond acceptors (Lipinski definition) is 5.